The van der Waals surface area contributed by atoms with Crippen molar-refractivity contribution in [3.8, 4) is 0 Å². The molecule has 2 aliphatic carbocycles. The maximum Gasteiger partial charge on any atom is 0.163 e. The largest absolute Gasteiger partial charge is 0.512 e. The van der Waals surface area contributed by atoms with Crippen LogP contribution in [0.1, 0.15) is 64.9 Å². The van der Waals surface area contributed by atoms with E-state index < -0.39 is 17.3 Å². The van der Waals surface area contributed by atoms with Crippen LogP contribution in [-0.4, -0.2) is 22.5 Å². The average Bonchev–Trinajstić information content (AvgIpc) is 2.50. The number of rotatable bonds is 3. The van der Waals surface area contributed by atoms with Gasteiger partial charge in [-0.25, -0.2) is 0 Å². The molecule has 0 aromatic heterocycles. The molecule has 2 aliphatic rings. The molecule has 1 saturated carbocycles. The molecule has 4 nitrogen and oxygen atoms in total. The Balaban J connectivity index is 2.18. The van der Waals surface area contributed by atoms with E-state index in [1.807, 2.05) is 27.7 Å². The first kappa shape index (κ1) is 20.8. The Morgan fingerprint density at radius 2 is 1.46 bits per heavy atom. The van der Waals surface area contributed by atoms with Crippen LogP contribution in [-0.2, 0) is 14.4 Å². The highest BCUT2D eigenvalue weighted by atomic mass is 35.5. The van der Waals surface area contributed by atoms with Gasteiger partial charge in [0.2, 0.25) is 0 Å². The van der Waals surface area contributed by atoms with E-state index in [1.54, 1.807) is 24.3 Å². The summed E-state index contributed by atoms with van der Waals surface area (Å²) in [7, 11) is 0. The Labute approximate surface area is 171 Å². The van der Waals surface area contributed by atoms with Crippen LogP contribution in [0.5, 0.6) is 0 Å². The highest BCUT2D eigenvalue weighted by Crippen LogP contribution is 2.48. The molecule has 1 aromatic rings. The molecule has 1 N–H and O–H groups in total. The third-order valence-electron chi connectivity index (χ3n) is 5.78. The second-order valence-corrected chi connectivity index (χ2v) is 10.1. The number of aliphatic hydroxyl groups is 1. The molecule has 0 spiro atoms. The summed E-state index contributed by atoms with van der Waals surface area (Å²) < 4.78 is 0. The number of aliphatic hydroxyl groups excluding tert-OH is 1. The predicted octanol–water partition coefficient (Wildman–Crippen LogP) is 5.20. The summed E-state index contributed by atoms with van der Waals surface area (Å²) in [5.41, 5.74) is -0.0350. The molecule has 1 aromatic carbocycles. The summed E-state index contributed by atoms with van der Waals surface area (Å²) in [5.74, 6) is -2.46. The molecular formula is C23H27ClO4. The van der Waals surface area contributed by atoms with Gasteiger partial charge in [-0.2, -0.15) is 0 Å². The van der Waals surface area contributed by atoms with E-state index >= 15 is 0 Å². The van der Waals surface area contributed by atoms with Crippen LogP contribution in [0, 0.1) is 16.7 Å². The van der Waals surface area contributed by atoms with Gasteiger partial charge >= 0.3 is 0 Å². The van der Waals surface area contributed by atoms with Crippen molar-refractivity contribution >= 4 is 29.0 Å². The summed E-state index contributed by atoms with van der Waals surface area (Å²) >= 11 is 6.42. The minimum atomic E-state index is -0.991. The van der Waals surface area contributed by atoms with Crippen LogP contribution in [0.15, 0.2) is 35.6 Å². The maximum atomic E-state index is 13.1. The molecule has 0 bridgehead atoms. The first-order valence-electron chi connectivity index (χ1n) is 9.67. The SMILES string of the molecule is CC1(C)CC(=O)C([C@@H](C2=C(O)CC(C)(C)CC2=O)c2ccccc2Cl)C(=O)C1. The minimum absolute atomic E-state index is 0.0309. The monoisotopic (exact) mass is 402 g/mol. The molecule has 0 saturated heterocycles. The van der Waals surface area contributed by atoms with Crippen LogP contribution in [0.2, 0.25) is 5.02 Å². The third kappa shape index (κ3) is 3.93. The molecule has 1 fully saturated rings. The Kier molecular flexibility index (Phi) is 5.30. The van der Waals surface area contributed by atoms with E-state index in [1.165, 1.54) is 0 Å². The number of carbonyl (C=O) groups excluding carboxylic acids is 3. The maximum absolute atomic E-state index is 13.1. The fraction of sp³-hybridized carbons (Fsp3) is 0.522. The lowest BCUT2D eigenvalue weighted by Gasteiger charge is -2.39. The molecule has 150 valence electrons. The van der Waals surface area contributed by atoms with Gasteiger partial charge in [0, 0.05) is 42.2 Å². The number of benzene rings is 1. The van der Waals surface area contributed by atoms with Crippen molar-refractivity contribution < 1.29 is 19.5 Å². The Morgan fingerprint density at radius 3 is 2.00 bits per heavy atom. The molecule has 5 heteroatoms. The van der Waals surface area contributed by atoms with Crippen LogP contribution >= 0.6 is 11.6 Å². The Bertz CT molecular complexity index is 858. The normalized spacial score (nSPS) is 23.8. The third-order valence-corrected chi connectivity index (χ3v) is 6.12. The molecule has 0 amide bonds. The zero-order valence-electron chi connectivity index (χ0n) is 16.8. The van der Waals surface area contributed by atoms with Crippen molar-refractivity contribution in [3.05, 3.63) is 46.2 Å². The molecule has 3 rings (SSSR count). The number of hydrogen-bond donors (Lipinski definition) is 1. The Hall–Kier alpha value is -1.94. The zero-order chi connectivity index (χ0) is 20.9. The number of allylic oxidation sites excluding steroid dienone is 2. The molecule has 0 unspecified atom stereocenters. The molecule has 28 heavy (non-hydrogen) atoms. The first-order chi connectivity index (χ1) is 12.9. The second kappa shape index (κ2) is 7.14. The van der Waals surface area contributed by atoms with Gasteiger partial charge in [-0.1, -0.05) is 57.5 Å². The Morgan fingerprint density at radius 1 is 0.929 bits per heavy atom. The lowest BCUT2D eigenvalue weighted by molar-refractivity contribution is -0.140. The van der Waals surface area contributed by atoms with Gasteiger partial charge in [0.05, 0.1) is 5.92 Å². The fourth-order valence-electron chi connectivity index (χ4n) is 4.66. The van der Waals surface area contributed by atoms with E-state index in [4.69, 9.17) is 11.6 Å². The lowest BCUT2D eigenvalue weighted by atomic mass is 9.62. The van der Waals surface area contributed by atoms with Crippen LogP contribution in [0.4, 0.5) is 0 Å². The number of halogens is 1. The summed E-state index contributed by atoms with van der Waals surface area (Å²) in [6.45, 7) is 7.63. The predicted molar refractivity (Wildman–Crippen MR) is 108 cm³/mol. The zero-order valence-corrected chi connectivity index (χ0v) is 17.6. The van der Waals surface area contributed by atoms with E-state index in [-0.39, 0.29) is 53.4 Å². The van der Waals surface area contributed by atoms with Gasteiger partial charge in [0.15, 0.2) is 5.78 Å². The summed E-state index contributed by atoms with van der Waals surface area (Å²) in [4.78, 5) is 39.1. The molecule has 1 atom stereocenters. The quantitative estimate of drug-likeness (QED) is 0.705. The molecular weight excluding hydrogens is 376 g/mol. The molecule has 0 heterocycles. The lowest BCUT2D eigenvalue weighted by Crippen LogP contribution is -2.43. The minimum Gasteiger partial charge on any atom is -0.512 e. The van der Waals surface area contributed by atoms with Crippen molar-refractivity contribution in [2.24, 2.45) is 16.7 Å². The van der Waals surface area contributed by atoms with Gasteiger partial charge in [0.1, 0.15) is 17.3 Å². The standard InChI is InChI=1S/C23H27ClO4/c1-22(2)9-15(25)20(16(26)10-22)19(13-7-5-6-8-14(13)24)21-17(27)11-23(3,4)12-18(21)28/h5-8,19-20,27H,9-12H2,1-4H3/t19-/m0/s1. The molecule has 0 radical (unpaired) electrons. The fourth-order valence-corrected chi connectivity index (χ4v) is 4.91. The van der Waals surface area contributed by atoms with E-state index in [0.717, 1.165) is 0 Å². The summed E-state index contributed by atoms with van der Waals surface area (Å²) in [6, 6.07) is 6.95. The van der Waals surface area contributed by atoms with Crippen LogP contribution in [0.3, 0.4) is 0 Å². The van der Waals surface area contributed by atoms with E-state index in [9.17, 15) is 19.5 Å². The summed E-state index contributed by atoms with van der Waals surface area (Å²) in [5, 5.41) is 11.2. The second-order valence-electron chi connectivity index (χ2n) is 9.73. The first-order valence-corrected chi connectivity index (χ1v) is 10.0. The van der Waals surface area contributed by atoms with Crippen molar-refractivity contribution in [1.29, 1.82) is 0 Å². The van der Waals surface area contributed by atoms with Gasteiger partial charge in [-0.3, -0.25) is 14.4 Å². The van der Waals surface area contributed by atoms with Crippen molar-refractivity contribution in [3.63, 3.8) is 0 Å². The average molecular weight is 403 g/mol. The van der Waals surface area contributed by atoms with Crippen molar-refractivity contribution in [1.82, 2.24) is 0 Å². The highest BCUT2D eigenvalue weighted by molar-refractivity contribution is 6.31. The van der Waals surface area contributed by atoms with Crippen molar-refractivity contribution in [2.75, 3.05) is 0 Å². The van der Waals surface area contributed by atoms with E-state index in [2.05, 4.69) is 0 Å². The summed E-state index contributed by atoms with van der Waals surface area (Å²) in [6.07, 6.45) is 1.11. The number of hydrogen-bond acceptors (Lipinski definition) is 4. The number of Topliss-reactive ketones (excluding diaryl/α,β-unsaturated/α-hetero) is 3. The number of ketones is 3. The van der Waals surface area contributed by atoms with Gasteiger partial charge in [0.25, 0.3) is 0 Å². The van der Waals surface area contributed by atoms with Crippen molar-refractivity contribution in [2.45, 2.75) is 59.3 Å². The smallest absolute Gasteiger partial charge is 0.163 e. The van der Waals surface area contributed by atoms with Crippen LogP contribution < -0.4 is 0 Å². The highest BCUT2D eigenvalue weighted by Gasteiger charge is 2.48. The topological polar surface area (TPSA) is 71.4 Å². The molecule has 0 aliphatic heterocycles. The van der Waals surface area contributed by atoms with Crippen LogP contribution in [0.25, 0.3) is 0 Å². The van der Waals surface area contributed by atoms with Gasteiger partial charge in [-0.05, 0) is 22.5 Å². The number of carbonyl (C=O) groups is 3. The van der Waals surface area contributed by atoms with Gasteiger partial charge < -0.3 is 5.11 Å². The van der Waals surface area contributed by atoms with Gasteiger partial charge in [-0.15, -0.1) is 0 Å². The van der Waals surface area contributed by atoms with E-state index in [0.29, 0.717) is 17.0 Å².